The highest BCUT2D eigenvalue weighted by Gasteiger charge is 2.30. The predicted octanol–water partition coefficient (Wildman–Crippen LogP) is 3.64. The summed E-state index contributed by atoms with van der Waals surface area (Å²) in [7, 11) is 0. The average molecular weight is 494 g/mol. The molecule has 1 aliphatic heterocycles. The summed E-state index contributed by atoms with van der Waals surface area (Å²) in [6.45, 7) is 4.72. The summed E-state index contributed by atoms with van der Waals surface area (Å²) in [6, 6.07) is 9.24. The molecule has 3 N–H and O–H groups in total. The van der Waals surface area contributed by atoms with Gasteiger partial charge in [-0.3, -0.25) is 14.4 Å². The van der Waals surface area contributed by atoms with E-state index in [2.05, 4.69) is 39.7 Å². The fourth-order valence-corrected chi connectivity index (χ4v) is 4.87. The van der Waals surface area contributed by atoms with E-state index in [4.69, 9.17) is 0 Å². The van der Waals surface area contributed by atoms with E-state index in [0.717, 1.165) is 50.8 Å². The summed E-state index contributed by atoms with van der Waals surface area (Å²) in [4.78, 5) is 48.3. The first-order chi connectivity index (χ1) is 17.4. The minimum atomic E-state index is -0.749. The molecule has 1 saturated heterocycles. The van der Waals surface area contributed by atoms with Crippen LogP contribution < -0.4 is 10.6 Å². The second kappa shape index (κ2) is 12.2. The first-order valence-corrected chi connectivity index (χ1v) is 13.4. The molecule has 0 unspecified atom stereocenters. The maximum Gasteiger partial charge on any atom is 0.243 e. The third kappa shape index (κ3) is 7.42. The number of amides is 3. The average Bonchev–Trinajstić information content (AvgIpc) is 3.55. The third-order valence-electron chi connectivity index (χ3n) is 7.25. The number of hydrogen-bond acceptors (Lipinski definition) is 4. The molecule has 1 aliphatic carbocycles. The van der Waals surface area contributed by atoms with Gasteiger partial charge >= 0.3 is 0 Å². The highest BCUT2D eigenvalue weighted by molar-refractivity contribution is 5.88. The van der Waals surface area contributed by atoms with Crippen molar-refractivity contribution in [2.24, 2.45) is 5.92 Å². The van der Waals surface area contributed by atoms with Crippen molar-refractivity contribution in [3.63, 3.8) is 0 Å². The van der Waals surface area contributed by atoms with Gasteiger partial charge in [0, 0.05) is 43.7 Å². The van der Waals surface area contributed by atoms with E-state index in [1.807, 2.05) is 30.0 Å². The van der Waals surface area contributed by atoms with Gasteiger partial charge in [0.2, 0.25) is 17.7 Å². The Hall–Kier alpha value is -3.16. The largest absolute Gasteiger partial charge is 0.345 e. The highest BCUT2D eigenvalue weighted by Crippen LogP contribution is 2.32. The number of carbonyl (C=O) groups is 3. The summed E-state index contributed by atoms with van der Waals surface area (Å²) in [5.74, 6) is 0.741. The van der Waals surface area contributed by atoms with Gasteiger partial charge in [0.25, 0.3) is 0 Å². The van der Waals surface area contributed by atoms with Gasteiger partial charge in [-0.05, 0) is 63.9 Å². The quantitative estimate of drug-likeness (QED) is 0.444. The summed E-state index contributed by atoms with van der Waals surface area (Å²) < 4.78 is 0. The second-order valence-electron chi connectivity index (χ2n) is 10.4. The first kappa shape index (κ1) is 25.9. The Morgan fingerprint density at radius 1 is 1.11 bits per heavy atom. The van der Waals surface area contributed by atoms with Crippen molar-refractivity contribution in [2.45, 2.75) is 89.8 Å². The van der Waals surface area contributed by atoms with Crippen LogP contribution in [-0.2, 0) is 20.8 Å². The topological polar surface area (TPSA) is 107 Å². The SMILES string of the molecule is C[C@H](NC(=O)[C@H](CCC(=O)N1CCCC[C@@H]1C)NC(=O)CC1CC1)c1ncc(Cc2ccccc2)[nH]1. The number of benzene rings is 1. The Bertz CT molecular complexity index is 1030. The van der Waals surface area contributed by atoms with Crippen LogP contribution in [0.2, 0.25) is 0 Å². The van der Waals surface area contributed by atoms with E-state index in [-0.39, 0.29) is 42.6 Å². The van der Waals surface area contributed by atoms with Crippen LogP contribution in [0.4, 0.5) is 0 Å². The lowest BCUT2D eigenvalue weighted by Crippen LogP contribution is -2.48. The molecule has 0 spiro atoms. The van der Waals surface area contributed by atoms with Crippen LogP contribution in [0.15, 0.2) is 36.5 Å². The van der Waals surface area contributed by atoms with Crippen molar-refractivity contribution in [3.05, 3.63) is 53.6 Å². The Balaban J connectivity index is 1.35. The Kier molecular flexibility index (Phi) is 8.78. The van der Waals surface area contributed by atoms with E-state index >= 15 is 0 Å². The second-order valence-corrected chi connectivity index (χ2v) is 10.4. The molecule has 194 valence electrons. The lowest BCUT2D eigenvalue weighted by molar-refractivity contribution is -0.135. The van der Waals surface area contributed by atoms with Crippen molar-refractivity contribution in [1.29, 1.82) is 0 Å². The van der Waals surface area contributed by atoms with Crippen LogP contribution in [-0.4, -0.2) is 51.2 Å². The minimum absolute atomic E-state index is 0.0566. The lowest BCUT2D eigenvalue weighted by atomic mass is 10.0. The molecule has 8 heteroatoms. The molecular formula is C28H39N5O3. The Morgan fingerprint density at radius 3 is 2.61 bits per heavy atom. The van der Waals surface area contributed by atoms with Crippen LogP contribution in [0, 0.1) is 5.92 Å². The first-order valence-electron chi connectivity index (χ1n) is 13.4. The summed E-state index contributed by atoms with van der Waals surface area (Å²) in [5.41, 5.74) is 2.14. The van der Waals surface area contributed by atoms with E-state index in [0.29, 0.717) is 18.2 Å². The fraction of sp³-hybridized carbons (Fsp3) is 0.571. The Labute approximate surface area is 213 Å². The van der Waals surface area contributed by atoms with Gasteiger partial charge < -0.3 is 20.5 Å². The number of rotatable bonds is 11. The number of imidazole rings is 1. The molecule has 8 nitrogen and oxygen atoms in total. The van der Waals surface area contributed by atoms with E-state index in [1.165, 1.54) is 5.56 Å². The van der Waals surface area contributed by atoms with Crippen molar-refractivity contribution < 1.29 is 14.4 Å². The molecule has 2 aliphatic rings. The van der Waals surface area contributed by atoms with Crippen molar-refractivity contribution in [1.82, 2.24) is 25.5 Å². The number of H-pyrrole nitrogens is 1. The van der Waals surface area contributed by atoms with E-state index in [9.17, 15) is 14.4 Å². The molecule has 1 saturated carbocycles. The Morgan fingerprint density at radius 2 is 1.89 bits per heavy atom. The standard InChI is InChI=1S/C28H39N5O3/c1-19-8-6-7-15-33(19)26(35)14-13-24(32-25(34)17-22-11-12-22)28(36)30-20(2)27-29-18-23(31-27)16-21-9-4-3-5-10-21/h3-5,9-10,18-20,22,24H,6-8,11-17H2,1-2H3,(H,29,31)(H,30,36)(H,32,34)/t19-,20-,24-/m0/s1. The number of nitrogens with one attached hydrogen (secondary N) is 3. The molecule has 0 radical (unpaired) electrons. The zero-order valence-electron chi connectivity index (χ0n) is 21.5. The zero-order valence-corrected chi connectivity index (χ0v) is 21.5. The number of hydrogen-bond donors (Lipinski definition) is 3. The van der Waals surface area contributed by atoms with Gasteiger partial charge in [0.1, 0.15) is 11.9 Å². The number of aromatic amines is 1. The van der Waals surface area contributed by atoms with Crippen LogP contribution in [0.1, 0.15) is 88.3 Å². The fourth-order valence-electron chi connectivity index (χ4n) is 4.87. The highest BCUT2D eigenvalue weighted by atomic mass is 16.2. The third-order valence-corrected chi connectivity index (χ3v) is 7.25. The van der Waals surface area contributed by atoms with Gasteiger partial charge in [-0.15, -0.1) is 0 Å². The van der Waals surface area contributed by atoms with E-state index in [1.54, 1.807) is 6.20 Å². The van der Waals surface area contributed by atoms with Crippen molar-refractivity contribution in [2.75, 3.05) is 6.54 Å². The van der Waals surface area contributed by atoms with Crippen LogP contribution in [0.3, 0.4) is 0 Å². The smallest absolute Gasteiger partial charge is 0.243 e. The minimum Gasteiger partial charge on any atom is -0.345 e. The maximum atomic E-state index is 13.2. The van der Waals surface area contributed by atoms with Crippen LogP contribution in [0.25, 0.3) is 0 Å². The monoisotopic (exact) mass is 493 g/mol. The molecule has 2 heterocycles. The normalized spacial score (nSPS) is 19.4. The summed E-state index contributed by atoms with van der Waals surface area (Å²) in [6.07, 6.45) is 8.79. The number of piperidine rings is 1. The molecule has 36 heavy (non-hydrogen) atoms. The molecule has 4 rings (SSSR count). The molecular weight excluding hydrogens is 454 g/mol. The summed E-state index contributed by atoms with van der Waals surface area (Å²) in [5, 5.41) is 5.89. The molecule has 2 fully saturated rings. The lowest BCUT2D eigenvalue weighted by Gasteiger charge is -2.34. The van der Waals surface area contributed by atoms with E-state index < -0.39 is 6.04 Å². The maximum absolute atomic E-state index is 13.2. The zero-order chi connectivity index (χ0) is 25.5. The molecule has 1 aromatic carbocycles. The molecule has 0 bridgehead atoms. The molecule has 3 atom stereocenters. The number of aromatic nitrogens is 2. The van der Waals surface area contributed by atoms with Crippen molar-refractivity contribution in [3.8, 4) is 0 Å². The number of likely N-dealkylation sites (tertiary alicyclic amines) is 1. The van der Waals surface area contributed by atoms with Crippen LogP contribution in [0.5, 0.6) is 0 Å². The van der Waals surface area contributed by atoms with Gasteiger partial charge in [-0.1, -0.05) is 30.3 Å². The predicted molar refractivity (Wildman–Crippen MR) is 138 cm³/mol. The van der Waals surface area contributed by atoms with Gasteiger partial charge in [-0.25, -0.2) is 4.98 Å². The van der Waals surface area contributed by atoms with Gasteiger partial charge in [0.05, 0.1) is 6.04 Å². The number of nitrogens with zero attached hydrogens (tertiary/aromatic N) is 2. The van der Waals surface area contributed by atoms with Gasteiger partial charge in [0.15, 0.2) is 0 Å². The van der Waals surface area contributed by atoms with Crippen molar-refractivity contribution >= 4 is 17.7 Å². The number of carbonyl (C=O) groups excluding carboxylic acids is 3. The molecule has 2 aromatic rings. The van der Waals surface area contributed by atoms with Gasteiger partial charge in [-0.2, -0.15) is 0 Å². The molecule has 1 aromatic heterocycles. The molecule has 3 amide bonds. The van der Waals surface area contributed by atoms with Crippen LogP contribution >= 0.6 is 0 Å². The summed E-state index contributed by atoms with van der Waals surface area (Å²) >= 11 is 0.